The summed E-state index contributed by atoms with van der Waals surface area (Å²) in [5.74, 6) is -2.37. The zero-order valence-corrected chi connectivity index (χ0v) is 6.73. The van der Waals surface area contributed by atoms with E-state index >= 15 is 0 Å². The van der Waals surface area contributed by atoms with Crippen molar-refractivity contribution in [3.05, 3.63) is 0 Å². The van der Waals surface area contributed by atoms with Crippen molar-refractivity contribution in [1.82, 2.24) is 5.32 Å². The molecule has 0 spiro atoms. The minimum atomic E-state index is -3.14. The zero-order chi connectivity index (χ0) is 9.94. The van der Waals surface area contributed by atoms with Crippen molar-refractivity contribution in [3.63, 3.8) is 0 Å². The molecule has 0 fully saturated rings. The fraction of sp³-hybridized carbons (Fsp3) is 0.667. The highest BCUT2D eigenvalue weighted by Crippen LogP contribution is 2.02. The molecule has 0 saturated heterocycles. The van der Waals surface area contributed by atoms with E-state index in [9.17, 15) is 18.4 Å². The Hall–Kier alpha value is -1.20. The lowest BCUT2D eigenvalue weighted by molar-refractivity contribution is -0.137. The van der Waals surface area contributed by atoms with Crippen LogP contribution in [0.5, 0.6) is 0 Å². The first-order valence-corrected chi connectivity index (χ1v) is 3.17. The number of primary amides is 1. The van der Waals surface area contributed by atoms with Crippen LogP contribution in [-0.2, 0) is 9.59 Å². The van der Waals surface area contributed by atoms with Gasteiger partial charge in [0.25, 0.3) is 5.91 Å². The zero-order valence-electron chi connectivity index (χ0n) is 6.73. The molecule has 0 aromatic heterocycles. The van der Waals surface area contributed by atoms with Gasteiger partial charge in [0.05, 0.1) is 0 Å². The van der Waals surface area contributed by atoms with E-state index in [0.29, 0.717) is 0 Å². The predicted octanol–water partition coefficient (Wildman–Crippen LogP) is -0.368. The Kier molecular flexibility index (Phi) is 3.12. The summed E-state index contributed by atoms with van der Waals surface area (Å²) in [7, 11) is 0. The molecule has 3 N–H and O–H groups in total. The molecule has 0 saturated carbocycles. The van der Waals surface area contributed by atoms with Gasteiger partial charge in [-0.2, -0.15) is 8.78 Å². The topological polar surface area (TPSA) is 72.2 Å². The summed E-state index contributed by atoms with van der Waals surface area (Å²) in [4.78, 5) is 20.9. The van der Waals surface area contributed by atoms with E-state index in [-0.39, 0.29) is 0 Å². The predicted molar refractivity (Wildman–Crippen MR) is 37.4 cm³/mol. The van der Waals surface area contributed by atoms with Crippen LogP contribution in [0.4, 0.5) is 8.78 Å². The second-order valence-corrected chi connectivity index (χ2v) is 2.78. The van der Waals surface area contributed by atoms with E-state index in [0.717, 1.165) is 0 Å². The van der Waals surface area contributed by atoms with Crippen molar-refractivity contribution in [2.24, 2.45) is 5.73 Å². The molecule has 0 aromatic carbocycles. The molecule has 0 aliphatic rings. The molecule has 0 aliphatic heterocycles. The summed E-state index contributed by atoms with van der Waals surface area (Å²) >= 11 is 0. The van der Waals surface area contributed by atoms with E-state index in [1.807, 2.05) is 0 Å². The molecule has 0 aliphatic carbocycles. The van der Waals surface area contributed by atoms with Crippen LogP contribution >= 0.6 is 0 Å². The number of alkyl halides is 2. The Morgan fingerprint density at radius 3 is 2.08 bits per heavy atom. The molecule has 0 unspecified atom stereocenters. The van der Waals surface area contributed by atoms with Gasteiger partial charge >= 0.3 is 6.43 Å². The summed E-state index contributed by atoms with van der Waals surface area (Å²) in [5, 5.41) is 1.79. The molecule has 0 atom stereocenters. The number of carbonyl (C=O) groups excluding carboxylic acids is 2. The second kappa shape index (κ2) is 3.46. The van der Waals surface area contributed by atoms with Gasteiger partial charge in [-0.3, -0.25) is 9.59 Å². The van der Waals surface area contributed by atoms with Crippen LogP contribution in [0, 0.1) is 0 Å². The van der Waals surface area contributed by atoms with Crippen LogP contribution in [-0.4, -0.2) is 23.8 Å². The third kappa shape index (κ3) is 2.81. The van der Waals surface area contributed by atoms with Gasteiger partial charge in [-0.15, -0.1) is 0 Å². The molecule has 6 heteroatoms. The van der Waals surface area contributed by atoms with Crippen molar-refractivity contribution < 1.29 is 18.4 Å². The lowest BCUT2D eigenvalue weighted by atomic mass is 10.1. The molecule has 70 valence electrons. The third-order valence-electron chi connectivity index (χ3n) is 1.25. The van der Waals surface area contributed by atoms with Gasteiger partial charge in [0, 0.05) is 0 Å². The first kappa shape index (κ1) is 10.8. The minimum Gasteiger partial charge on any atom is -0.368 e. The van der Waals surface area contributed by atoms with Crippen LogP contribution in [0.25, 0.3) is 0 Å². The summed E-state index contributed by atoms with van der Waals surface area (Å²) in [6.45, 7) is 2.49. The Labute approximate surface area is 68.1 Å². The number of nitrogens with one attached hydrogen (secondary N) is 1. The van der Waals surface area contributed by atoms with Gasteiger partial charge < -0.3 is 11.1 Å². The van der Waals surface area contributed by atoms with Crippen molar-refractivity contribution in [3.8, 4) is 0 Å². The minimum absolute atomic E-state index is 0.864. The quantitative estimate of drug-likeness (QED) is 0.622. The maximum absolute atomic E-state index is 11.7. The molecule has 0 bridgehead atoms. The second-order valence-electron chi connectivity index (χ2n) is 2.78. The highest BCUT2D eigenvalue weighted by atomic mass is 19.3. The molecule has 0 aromatic rings. The van der Waals surface area contributed by atoms with Gasteiger partial charge in [-0.25, -0.2) is 0 Å². The smallest absolute Gasteiger partial charge is 0.315 e. The fourth-order valence-electron chi connectivity index (χ4n) is 0.424. The summed E-state index contributed by atoms with van der Waals surface area (Å²) in [5.41, 5.74) is 3.38. The maximum atomic E-state index is 11.7. The highest BCUT2D eigenvalue weighted by Gasteiger charge is 2.29. The molecular formula is C6H10F2N2O2. The lowest BCUT2D eigenvalue weighted by Gasteiger charge is -2.21. The van der Waals surface area contributed by atoms with E-state index < -0.39 is 23.8 Å². The number of hydrogen-bond acceptors (Lipinski definition) is 2. The summed E-state index contributed by atoms with van der Waals surface area (Å²) in [6, 6.07) is 0. The maximum Gasteiger partial charge on any atom is 0.315 e. The number of nitrogens with two attached hydrogens (primary N) is 1. The van der Waals surface area contributed by atoms with Gasteiger partial charge in [0.2, 0.25) is 5.91 Å². The Morgan fingerprint density at radius 2 is 1.83 bits per heavy atom. The van der Waals surface area contributed by atoms with Gasteiger partial charge in [-0.05, 0) is 13.8 Å². The molecule has 0 rings (SSSR count). The Bertz CT molecular complexity index is 204. The van der Waals surface area contributed by atoms with E-state index in [2.05, 4.69) is 0 Å². The lowest BCUT2D eigenvalue weighted by Crippen LogP contribution is -2.54. The van der Waals surface area contributed by atoms with E-state index in [4.69, 9.17) is 5.73 Å². The Morgan fingerprint density at radius 1 is 1.42 bits per heavy atom. The van der Waals surface area contributed by atoms with Crippen LogP contribution in [0.15, 0.2) is 0 Å². The molecule has 0 heterocycles. The summed E-state index contributed by atoms with van der Waals surface area (Å²) in [6.07, 6.45) is -3.14. The normalized spacial score (nSPS) is 11.4. The number of hydrogen-bond donors (Lipinski definition) is 2. The van der Waals surface area contributed by atoms with Crippen molar-refractivity contribution in [2.75, 3.05) is 0 Å². The van der Waals surface area contributed by atoms with Crippen molar-refractivity contribution >= 4 is 11.8 Å². The summed E-state index contributed by atoms with van der Waals surface area (Å²) < 4.78 is 23.3. The van der Waals surface area contributed by atoms with Gasteiger partial charge in [-0.1, -0.05) is 0 Å². The van der Waals surface area contributed by atoms with Gasteiger partial charge in [0.15, 0.2) is 0 Å². The number of amides is 2. The SMILES string of the molecule is CC(C)(NC(=O)C(F)F)C(N)=O. The number of carbonyl (C=O) groups is 2. The van der Waals surface area contributed by atoms with Crippen LogP contribution in [0.1, 0.15) is 13.8 Å². The first-order chi connectivity index (χ1) is 5.27. The molecule has 2 amide bonds. The van der Waals surface area contributed by atoms with Gasteiger partial charge in [0.1, 0.15) is 5.54 Å². The average molecular weight is 180 g/mol. The average Bonchev–Trinajstić information content (AvgIpc) is 1.85. The van der Waals surface area contributed by atoms with Crippen molar-refractivity contribution in [2.45, 2.75) is 25.8 Å². The molecule has 0 radical (unpaired) electrons. The standard InChI is InChI=1S/C6H10F2N2O2/c1-6(2,5(9)12)10-4(11)3(7)8/h3H,1-2H3,(H2,9,12)(H,10,11). The largest absolute Gasteiger partial charge is 0.368 e. The third-order valence-corrected chi connectivity index (χ3v) is 1.25. The van der Waals surface area contributed by atoms with Crippen LogP contribution in [0.2, 0.25) is 0 Å². The fourth-order valence-corrected chi connectivity index (χ4v) is 0.424. The monoisotopic (exact) mass is 180 g/mol. The van der Waals surface area contributed by atoms with E-state index in [1.54, 1.807) is 5.32 Å². The van der Waals surface area contributed by atoms with E-state index in [1.165, 1.54) is 13.8 Å². The Balaban J connectivity index is 4.25. The molecule has 12 heavy (non-hydrogen) atoms. The molecule has 4 nitrogen and oxygen atoms in total. The molecular weight excluding hydrogens is 170 g/mol. The highest BCUT2D eigenvalue weighted by molar-refractivity contribution is 5.90. The van der Waals surface area contributed by atoms with Crippen LogP contribution in [0.3, 0.4) is 0 Å². The number of halogens is 2. The van der Waals surface area contributed by atoms with Crippen LogP contribution < -0.4 is 11.1 Å². The van der Waals surface area contributed by atoms with Crippen molar-refractivity contribution in [1.29, 1.82) is 0 Å². The number of rotatable bonds is 3. The first-order valence-electron chi connectivity index (χ1n) is 3.17.